The molecule has 0 bridgehead atoms. The predicted octanol–water partition coefficient (Wildman–Crippen LogP) is 1.23. The molecule has 0 unspecified atom stereocenters. The Bertz CT molecular complexity index is 10.8. The van der Waals surface area contributed by atoms with E-state index in [-0.39, 0.29) is 0 Å². The van der Waals surface area contributed by atoms with Crippen molar-refractivity contribution in [1.82, 2.24) is 3.94 Å². The Morgan fingerprint density at radius 1 is 1.50 bits per heavy atom. The van der Waals surface area contributed by atoms with Crippen LogP contribution in [0.25, 0.3) is 0 Å². The quantitative estimate of drug-likeness (QED) is 0.413. The van der Waals surface area contributed by atoms with Gasteiger partial charge < -0.3 is 0 Å². The highest BCUT2D eigenvalue weighted by Gasteiger charge is 1.67. The lowest BCUT2D eigenvalue weighted by molar-refractivity contribution is 0.897. The Labute approximate surface area is 35.3 Å². The molecule has 0 radical (unpaired) electrons. The minimum atomic E-state index is 0.944. The maximum Gasteiger partial charge on any atom is 0.0190 e. The second-order valence-corrected chi connectivity index (χ2v) is 1.59. The standard InChI is InChI=1S/CH3Cl2N/c1-4(2)3/h1H3. The van der Waals surface area contributed by atoms with Gasteiger partial charge in [-0.3, -0.25) is 0 Å². The summed E-state index contributed by atoms with van der Waals surface area (Å²) >= 11 is 9.75. The summed E-state index contributed by atoms with van der Waals surface area (Å²) in [6, 6.07) is 0. The van der Waals surface area contributed by atoms with Gasteiger partial charge in [-0.2, -0.15) is 0 Å². The van der Waals surface area contributed by atoms with Crippen LogP contribution in [0.5, 0.6) is 0 Å². The van der Waals surface area contributed by atoms with Crippen molar-refractivity contribution in [2.45, 2.75) is 0 Å². The molecule has 0 aromatic carbocycles. The Balaban J connectivity index is 2.32. The summed E-state index contributed by atoms with van der Waals surface area (Å²) in [5, 5.41) is 0. The van der Waals surface area contributed by atoms with Gasteiger partial charge in [0.2, 0.25) is 0 Å². The van der Waals surface area contributed by atoms with Gasteiger partial charge in [0.25, 0.3) is 0 Å². The molecular formula is CH3Cl2N. The van der Waals surface area contributed by atoms with Crippen LogP contribution in [0.2, 0.25) is 0 Å². The lowest BCUT2D eigenvalue weighted by atomic mass is 11.6. The summed E-state index contributed by atoms with van der Waals surface area (Å²) in [6.45, 7) is 0. The number of halogens is 2. The van der Waals surface area contributed by atoms with Crippen LogP contribution in [0.3, 0.4) is 0 Å². The van der Waals surface area contributed by atoms with Crippen molar-refractivity contribution in [2.75, 3.05) is 7.05 Å². The molecule has 0 rings (SSSR count). The Kier molecular flexibility index (Phi) is 2.07. The summed E-state index contributed by atoms with van der Waals surface area (Å²) < 4.78 is 0.944. The zero-order valence-corrected chi connectivity index (χ0v) is 3.72. The molecule has 0 N–H and O–H groups in total. The van der Waals surface area contributed by atoms with Gasteiger partial charge in [-0.15, -0.1) is 3.94 Å². The van der Waals surface area contributed by atoms with Gasteiger partial charge in [-0.25, -0.2) is 0 Å². The van der Waals surface area contributed by atoms with E-state index in [1.165, 1.54) is 7.05 Å². The summed E-state index contributed by atoms with van der Waals surface area (Å²) in [4.78, 5) is 0. The molecule has 3 heteroatoms. The number of hydrogen-bond donors (Lipinski definition) is 0. The van der Waals surface area contributed by atoms with Gasteiger partial charge in [-0.05, 0) is 23.6 Å². The number of nitrogens with zero attached hydrogens (tertiary/aromatic N) is 1. The minimum absolute atomic E-state index is 0.944. The van der Waals surface area contributed by atoms with E-state index >= 15 is 0 Å². The summed E-state index contributed by atoms with van der Waals surface area (Å²) in [6.07, 6.45) is 0. The third kappa shape index (κ3) is 20.7. The second kappa shape index (κ2) is 1.82. The SMILES string of the molecule is CN(Cl)Cl. The average molecular weight is 99.9 g/mol. The molecule has 4 heavy (non-hydrogen) atoms. The maximum absolute atomic E-state index is 4.87. The van der Waals surface area contributed by atoms with Gasteiger partial charge in [-0.1, -0.05) is 0 Å². The number of rotatable bonds is 0. The zero-order valence-electron chi connectivity index (χ0n) is 2.20. The third-order valence-corrected chi connectivity index (χ3v) is 0. The molecule has 0 aromatic rings. The molecule has 1 nitrogen and oxygen atoms in total. The Morgan fingerprint density at radius 2 is 1.50 bits per heavy atom. The van der Waals surface area contributed by atoms with E-state index in [0.29, 0.717) is 0 Å². The van der Waals surface area contributed by atoms with E-state index in [4.69, 9.17) is 23.6 Å². The van der Waals surface area contributed by atoms with Crippen LogP contribution in [0.1, 0.15) is 0 Å². The number of hydrogen-bond acceptors (Lipinski definition) is 1. The topological polar surface area (TPSA) is 3.24 Å². The average Bonchev–Trinajstić information content (AvgIpc) is 0.811. The molecule has 0 saturated carbocycles. The fourth-order valence-corrected chi connectivity index (χ4v) is 0. The molecule has 0 aliphatic rings. The maximum atomic E-state index is 4.87. The fourth-order valence-electron chi connectivity index (χ4n) is 0. The highest BCUT2D eigenvalue weighted by molar-refractivity contribution is 6.33. The van der Waals surface area contributed by atoms with Crippen LogP contribution in [-0.2, 0) is 0 Å². The minimum Gasteiger partial charge on any atom is -0.135 e. The third-order valence-electron chi connectivity index (χ3n) is 0. The molecular weight excluding hydrogens is 96.9 g/mol. The van der Waals surface area contributed by atoms with Crippen molar-refractivity contribution in [3.05, 3.63) is 0 Å². The first-order chi connectivity index (χ1) is 1.73. The summed E-state index contributed by atoms with van der Waals surface area (Å²) in [5.41, 5.74) is 0. The van der Waals surface area contributed by atoms with Crippen molar-refractivity contribution in [3.8, 4) is 0 Å². The van der Waals surface area contributed by atoms with Crippen molar-refractivity contribution in [1.29, 1.82) is 0 Å². The van der Waals surface area contributed by atoms with E-state index < -0.39 is 0 Å². The summed E-state index contributed by atoms with van der Waals surface area (Å²) in [5.74, 6) is 0. The van der Waals surface area contributed by atoms with Gasteiger partial charge in [0.15, 0.2) is 0 Å². The molecule has 0 saturated heterocycles. The van der Waals surface area contributed by atoms with E-state index in [1.54, 1.807) is 0 Å². The molecule has 0 aliphatic carbocycles. The highest BCUT2D eigenvalue weighted by Crippen LogP contribution is 1.87. The van der Waals surface area contributed by atoms with Crippen LogP contribution < -0.4 is 0 Å². The first-order valence-electron chi connectivity index (χ1n) is 0.785. The molecule has 0 spiro atoms. The van der Waals surface area contributed by atoms with Crippen LogP contribution in [0.15, 0.2) is 0 Å². The van der Waals surface area contributed by atoms with E-state index in [1.807, 2.05) is 0 Å². The second-order valence-electron chi connectivity index (χ2n) is 0.402. The Hall–Kier alpha value is 0.540. The monoisotopic (exact) mass is 99.0 g/mol. The van der Waals surface area contributed by atoms with Gasteiger partial charge in [0.1, 0.15) is 0 Å². The molecule has 0 atom stereocenters. The lowest BCUT2D eigenvalue weighted by Crippen LogP contribution is -1.77. The molecule has 0 fully saturated rings. The fraction of sp³-hybridized carbons (Fsp3) is 1.00. The van der Waals surface area contributed by atoms with Crippen LogP contribution in [0.4, 0.5) is 0 Å². The van der Waals surface area contributed by atoms with E-state index in [2.05, 4.69) is 0 Å². The first-order valence-corrected chi connectivity index (χ1v) is 1.46. The molecule has 0 amide bonds. The van der Waals surface area contributed by atoms with Crippen LogP contribution >= 0.6 is 23.6 Å². The smallest absolute Gasteiger partial charge is 0.0190 e. The van der Waals surface area contributed by atoms with E-state index in [0.717, 1.165) is 3.94 Å². The first kappa shape index (κ1) is 4.54. The zero-order chi connectivity index (χ0) is 3.58. The van der Waals surface area contributed by atoms with Gasteiger partial charge in [0, 0.05) is 7.05 Å². The molecule has 0 aromatic heterocycles. The Morgan fingerprint density at radius 3 is 1.50 bits per heavy atom. The summed E-state index contributed by atoms with van der Waals surface area (Å²) in [7, 11) is 1.53. The van der Waals surface area contributed by atoms with Crippen LogP contribution in [-0.4, -0.2) is 11.0 Å². The van der Waals surface area contributed by atoms with E-state index in [9.17, 15) is 0 Å². The lowest BCUT2D eigenvalue weighted by Gasteiger charge is -1.80. The molecule has 26 valence electrons. The van der Waals surface area contributed by atoms with Crippen molar-refractivity contribution in [2.24, 2.45) is 0 Å². The van der Waals surface area contributed by atoms with Crippen LogP contribution in [0, 0.1) is 0 Å². The van der Waals surface area contributed by atoms with Gasteiger partial charge >= 0.3 is 0 Å². The largest absolute Gasteiger partial charge is 0.135 e. The predicted molar refractivity (Wildman–Crippen MR) is 19.5 cm³/mol. The van der Waals surface area contributed by atoms with Gasteiger partial charge in [0.05, 0.1) is 0 Å². The molecule has 0 aliphatic heterocycles. The van der Waals surface area contributed by atoms with Crippen molar-refractivity contribution >= 4 is 23.6 Å². The van der Waals surface area contributed by atoms with Crippen molar-refractivity contribution < 1.29 is 0 Å². The normalized spacial score (nSPS) is 9.00. The molecule has 0 heterocycles. The van der Waals surface area contributed by atoms with Crippen molar-refractivity contribution in [3.63, 3.8) is 0 Å². The highest BCUT2D eigenvalue weighted by atomic mass is 35.5.